The predicted octanol–water partition coefficient (Wildman–Crippen LogP) is 0.426. The van der Waals surface area contributed by atoms with Crippen LogP contribution >= 0.6 is 0 Å². The van der Waals surface area contributed by atoms with Crippen LogP contribution in [0.15, 0.2) is 24.3 Å². The highest BCUT2D eigenvalue weighted by Gasteiger charge is 2.35. The molecule has 0 radical (unpaired) electrons. The van der Waals surface area contributed by atoms with Crippen LogP contribution in [0, 0.1) is 0 Å². The third-order valence-corrected chi connectivity index (χ3v) is 5.78. The Balaban J connectivity index is 2.19. The Morgan fingerprint density at radius 1 is 1.25 bits per heavy atom. The van der Waals surface area contributed by atoms with Crippen molar-refractivity contribution in [2.75, 3.05) is 32.3 Å². The SMILES string of the molecule is COC(=O)CN(C(=O)Cc1ccccc1OC)[C@H]1CCS(=O)(=O)C1. The Morgan fingerprint density at radius 2 is 1.96 bits per heavy atom. The maximum atomic E-state index is 12.7. The molecule has 0 saturated carbocycles. The number of nitrogens with zero attached hydrogens (tertiary/aromatic N) is 1. The number of para-hydroxylation sites is 1. The van der Waals surface area contributed by atoms with Crippen LogP contribution < -0.4 is 4.74 Å². The highest BCUT2D eigenvalue weighted by molar-refractivity contribution is 7.91. The first kappa shape index (κ1) is 18.3. The summed E-state index contributed by atoms with van der Waals surface area (Å²) in [6.45, 7) is -0.259. The summed E-state index contributed by atoms with van der Waals surface area (Å²) in [6, 6.07) is 6.58. The second-order valence-corrected chi connectivity index (χ2v) is 7.87. The number of methoxy groups -OCH3 is 2. The maximum Gasteiger partial charge on any atom is 0.325 e. The molecule has 1 heterocycles. The van der Waals surface area contributed by atoms with Gasteiger partial charge in [-0.2, -0.15) is 0 Å². The van der Waals surface area contributed by atoms with Crippen LogP contribution in [-0.4, -0.2) is 63.5 Å². The van der Waals surface area contributed by atoms with Crippen molar-refractivity contribution in [3.8, 4) is 5.75 Å². The third kappa shape index (κ3) is 4.47. The van der Waals surface area contributed by atoms with Crippen molar-refractivity contribution in [1.82, 2.24) is 4.90 Å². The molecule has 0 bridgehead atoms. The van der Waals surface area contributed by atoms with Gasteiger partial charge in [0.1, 0.15) is 12.3 Å². The quantitative estimate of drug-likeness (QED) is 0.687. The van der Waals surface area contributed by atoms with Gasteiger partial charge < -0.3 is 14.4 Å². The Hall–Kier alpha value is -2.09. The van der Waals surface area contributed by atoms with Crippen molar-refractivity contribution < 1.29 is 27.5 Å². The highest BCUT2D eigenvalue weighted by atomic mass is 32.2. The lowest BCUT2D eigenvalue weighted by molar-refractivity contribution is -0.148. The lowest BCUT2D eigenvalue weighted by Gasteiger charge is -2.27. The van der Waals surface area contributed by atoms with Crippen LogP contribution in [0.25, 0.3) is 0 Å². The number of carbonyl (C=O) groups excluding carboxylic acids is 2. The first-order valence-electron chi connectivity index (χ1n) is 7.55. The second-order valence-electron chi connectivity index (χ2n) is 5.64. The zero-order valence-electron chi connectivity index (χ0n) is 13.7. The van der Waals surface area contributed by atoms with E-state index in [2.05, 4.69) is 4.74 Å². The first-order valence-corrected chi connectivity index (χ1v) is 9.37. The Bertz CT molecular complexity index is 715. The van der Waals surface area contributed by atoms with Gasteiger partial charge in [-0.15, -0.1) is 0 Å². The Morgan fingerprint density at radius 3 is 2.54 bits per heavy atom. The molecule has 0 aliphatic carbocycles. The minimum atomic E-state index is -3.17. The topological polar surface area (TPSA) is 90.0 Å². The minimum Gasteiger partial charge on any atom is -0.496 e. The van der Waals surface area contributed by atoms with Crippen LogP contribution in [-0.2, 0) is 30.6 Å². The van der Waals surface area contributed by atoms with Crippen LogP contribution in [0.1, 0.15) is 12.0 Å². The molecule has 1 aliphatic rings. The average Bonchev–Trinajstić information content (AvgIpc) is 2.92. The normalized spacial score (nSPS) is 18.8. The smallest absolute Gasteiger partial charge is 0.325 e. The molecule has 0 unspecified atom stereocenters. The molecule has 2 rings (SSSR count). The summed E-state index contributed by atoms with van der Waals surface area (Å²) in [5.74, 6) is -0.429. The highest BCUT2D eigenvalue weighted by Crippen LogP contribution is 2.22. The summed E-state index contributed by atoms with van der Waals surface area (Å²) < 4.78 is 33.3. The monoisotopic (exact) mass is 355 g/mol. The lowest BCUT2D eigenvalue weighted by atomic mass is 10.1. The summed E-state index contributed by atoms with van der Waals surface area (Å²) in [7, 11) is -0.427. The fourth-order valence-electron chi connectivity index (χ4n) is 2.76. The van der Waals surface area contributed by atoms with E-state index in [0.717, 1.165) is 0 Å². The summed E-state index contributed by atoms with van der Waals surface area (Å²) in [6.07, 6.45) is 0.356. The van der Waals surface area contributed by atoms with Crippen LogP contribution in [0.5, 0.6) is 5.75 Å². The van der Waals surface area contributed by atoms with Gasteiger partial charge in [-0.3, -0.25) is 9.59 Å². The second kappa shape index (κ2) is 7.65. The Labute approximate surface area is 141 Å². The summed E-state index contributed by atoms with van der Waals surface area (Å²) >= 11 is 0. The number of carbonyl (C=O) groups is 2. The van der Waals surface area contributed by atoms with E-state index < -0.39 is 21.8 Å². The van der Waals surface area contributed by atoms with E-state index in [1.807, 2.05) is 0 Å². The van der Waals surface area contributed by atoms with E-state index in [9.17, 15) is 18.0 Å². The number of sulfone groups is 1. The molecule has 1 fully saturated rings. The lowest BCUT2D eigenvalue weighted by Crippen LogP contribution is -2.45. The zero-order valence-corrected chi connectivity index (χ0v) is 14.5. The summed E-state index contributed by atoms with van der Waals surface area (Å²) in [5, 5.41) is 0. The number of hydrogen-bond acceptors (Lipinski definition) is 6. The van der Waals surface area contributed by atoms with E-state index in [1.54, 1.807) is 24.3 Å². The predicted molar refractivity (Wildman–Crippen MR) is 87.5 cm³/mol. The molecule has 1 aliphatic heterocycles. The fourth-order valence-corrected chi connectivity index (χ4v) is 4.49. The molecule has 0 aromatic heterocycles. The number of hydrogen-bond donors (Lipinski definition) is 0. The van der Waals surface area contributed by atoms with Gasteiger partial charge >= 0.3 is 5.97 Å². The van der Waals surface area contributed by atoms with E-state index in [4.69, 9.17) is 4.74 Å². The molecule has 132 valence electrons. The van der Waals surface area contributed by atoms with Gasteiger partial charge in [-0.1, -0.05) is 18.2 Å². The largest absolute Gasteiger partial charge is 0.496 e. The fraction of sp³-hybridized carbons (Fsp3) is 0.500. The van der Waals surface area contributed by atoms with Gasteiger partial charge in [-0.05, 0) is 12.5 Å². The molecule has 7 nitrogen and oxygen atoms in total. The number of benzene rings is 1. The average molecular weight is 355 g/mol. The number of esters is 1. The van der Waals surface area contributed by atoms with E-state index in [-0.39, 0.29) is 30.4 Å². The van der Waals surface area contributed by atoms with Crippen molar-refractivity contribution in [2.45, 2.75) is 18.9 Å². The molecule has 1 aromatic carbocycles. The van der Waals surface area contributed by atoms with Crippen LogP contribution in [0.2, 0.25) is 0 Å². The molecule has 1 aromatic rings. The van der Waals surface area contributed by atoms with Crippen molar-refractivity contribution in [3.63, 3.8) is 0 Å². The van der Waals surface area contributed by atoms with Crippen molar-refractivity contribution in [3.05, 3.63) is 29.8 Å². The van der Waals surface area contributed by atoms with Crippen molar-refractivity contribution >= 4 is 21.7 Å². The molecular weight excluding hydrogens is 334 g/mol. The van der Waals surface area contributed by atoms with E-state index >= 15 is 0 Å². The van der Waals surface area contributed by atoms with Gasteiger partial charge in [0.2, 0.25) is 5.91 Å². The first-order chi connectivity index (χ1) is 11.4. The van der Waals surface area contributed by atoms with Gasteiger partial charge in [0.05, 0.1) is 32.1 Å². The molecule has 1 saturated heterocycles. The molecule has 0 spiro atoms. The van der Waals surface area contributed by atoms with Crippen molar-refractivity contribution in [1.29, 1.82) is 0 Å². The molecule has 1 atom stereocenters. The molecule has 1 amide bonds. The van der Waals surface area contributed by atoms with E-state index in [1.165, 1.54) is 19.1 Å². The Kier molecular flexibility index (Phi) is 5.82. The van der Waals surface area contributed by atoms with Gasteiger partial charge in [0.25, 0.3) is 0 Å². The summed E-state index contributed by atoms with van der Waals surface area (Å²) in [4.78, 5) is 25.6. The molecule has 0 N–H and O–H groups in total. The van der Waals surface area contributed by atoms with Crippen LogP contribution in [0.3, 0.4) is 0 Å². The van der Waals surface area contributed by atoms with Gasteiger partial charge in [0.15, 0.2) is 9.84 Å². The summed E-state index contributed by atoms with van der Waals surface area (Å²) in [5.41, 5.74) is 0.681. The van der Waals surface area contributed by atoms with E-state index in [0.29, 0.717) is 17.7 Å². The minimum absolute atomic E-state index is 0.0251. The third-order valence-electron chi connectivity index (χ3n) is 4.03. The van der Waals surface area contributed by atoms with Gasteiger partial charge in [0, 0.05) is 11.6 Å². The van der Waals surface area contributed by atoms with Crippen LogP contribution in [0.4, 0.5) is 0 Å². The van der Waals surface area contributed by atoms with Crippen molar-refractivity contribution in [2.24, 2.45) is 0 Å². The maximum absolute atomic E-state index is 12.7. The molecule has 24 heavy (non-hydrogen) atoms. The standard InChI is InChI=1S/C16H21NO6S/c1-22-14-6-4-3-5-12(14)9-15(18)17(10-16(19)23-2)13-7-8-24(20,21)11-13/h3-6,13H,7-11H2,1-2H3/t13-/m0/s1. The number of rotatable bonds is 6. The number of ether oxygens (including phenoxy) is 2. The van der Waals surface area contributed by atoms with Gasteiger partial charge in [-0.25, -0.2) is 8.42 Å². The number of amides is 1. The molecular formula is C16H21NO6S. The zero-order chi connectivity index (χ0) is 17.7. The molecule has 8 heteroatoms.